The molecule has 0 unspecified atom stereocenters. The van der Waals surface area contributed by atoms with Crippen molar-refractivity contribution in [2.24, 2.45) is 0 Å². The molecule has 0 saturated heterocycles. The minimum Gasteiger partial charge on any atom is -0.456 e. The monoisotopic (exact) mass is 1560 g/mol. The van der Waals surface area contributed by atoms with Gasteiger partial charge >= 0.3 is 0 Å². The fourth-order valence-corrected chi connectivity index (χ4v) is 19.2. The van der Waals surface area contributed by atoms with Crippen molar-refractivity contribution in [1.82, 2.24) is 48.2 Å². The number of para-hydroxylation sites is 7. The van der Waals surface area contributed by atoms with Gasteiger partial charge in [0, 0.05) is 76.1 Å². The van der Waals surface area contributed by atoms with E-state index in [0.29, 0.717) is 40.8 Å². The molecule has 12 nitrogen and oxygen atoms in total. The van der Waals surface area contributed by atoms with Gasteiger partial charge in [-0.15, -0.1) is 0 Å². The van der Waals surface area contributed by atoms with Gasteiger partial charge in [-0.1, -0.05) is 279 Å². The molecule has 122 heavy (non-hydrogen) atoms. The van der Waals surface area contributed by atoms with E-state index in [2.05, 4.69) is 382 Å². The molecule has 0 bridgehead atoms. The van der Waals surface area contributed by atoms with E-state index in [0.717, 1.165) is 203 Å². The molecule has 566 valence electrons. The van der Waals surface area contributed by atoms with Crippen LogP contribution in [-0.2, 0) is 0 Å². The lowest BCUT2D eigenvalue weighted by Crippen LogP contribution is -2.07. The maximum Gasteiger partial charge on any atom is 0.238 e. The van der Waals surface area contributed by atoms with Crippen molar-refractivity contribution in [3.63, 3.8) is 0 Å². The van der Waals surface area contributed by atoms with Crippen molar-refractivity contribution in [2.45, 2.75) is 0 Å². The molecule has 18 aromatic carbocycles. The minimum absolute atomic E-state index is 0.498. The topological polar surface area (TPSA) is 123 Å². The van der Waals surface area contributed by atoms with Crippen LogP contribution >= 0.6 is 0 Å². The molecule has 12 heteroatoms. The van der Waals surface area contributed by atoms with Gasteiger partial charge in [-0.05, 0) is 164 Å². The molecule has 0 atom stereocenters. The summed E-state index contributed by atoms with van der Waals surface area (Å²) in [6.07, 6.45) is 0. The van der Waals surface area contributed by atoms with E-state index in [4.69, 9.17) is 38.7 Å². The van der Waals surface area contributed by atoms with E-state index in [1.54, 1.807) is 0 Å². The molecule has 0 spiro atoms. The molecule has 0 aliphatic heterocycles. The highest BCUT2D eigenvalue weighted by atomic mass is 16.3. The fourth-order valence-electron chi connectivity index (χ4n) is 19.2. The lowest BCUT2D eigenvalue weighted by atomic mass is 9.98. The highest BCUT2D eigenvalue weighted by Crippen LogP contribution is 2.47. The Hall–Kier alpha value is -16.7. The van der Waals surface area contributed by atoms with Gasteiger partial charge in [-0.2, -0.15) is 19.9 Å². The third kappa shape index (κ3) is 10.5. The maximum absolute atomic E-state index is 7.01. The van der Waals surface area contributed by atoms with Crippen LogP contribution in [0.5, 0.6) is 0 Å². The van der Waals surface area contributed by atoms with Crippen molar-refractivity contribution in [3.05, 3.63) is 388 Å². The summed E-state index contributed by atoms with van der Waals surface area (Å²) in [5.41, 5.74) is 22.8. The Kier molecular flexibility index (Phi) is 14.6. The maximum atomic E-state index is 7.01. The van der Waals surface area contributed by atoms with E-state index in [1.807, 2.05) is 24.3 Å². The Morgan fingerprint density at radius 2 is 0.475 bits per heavy atom. The second kappa shape index (κ2) is 26.4. The summed E-state index contributed by atoms with van der Waals surface area (Å²) in [4.78, 5) is 33.0. The predicted octanol–water partition coefficient (Wildman–Crippen LogP) is 28.2. The third-order valence-corrected chi connectivity index (χ3v) is 24.8. The SMILES string of the molecule is c1ccc(-c2ccc(-c3nc(-c4cc(-n5c6ccc(-c7ccc(-c8cccc(-c9nc(-c%10cc(-n%11c%12ccccc%12c%12cc%13ccccc%13cc%12%11)c%11c(c%10)oc%10ccccc%10%11)nc(-n%10c%11ccccc%11c%11ccccc%11%10)n9)c8)cc7)cc6c6cc7ccccc7cc65)c5c(c4)oc4ccccc45)nc(-n4c5ccccc5c5ccccc54)n3)cc2)cc1. The molecule has 26 rings (SSSR count). The Morgan fingerprint density at radius 1 is 0.164 bits per heavy atom. The zero-order chi connectivity index (χ0) is 79.8. The molecule has 8 heterocycles. The molecule has 8 aromatic heterocycles. The summed E-state index contributed by atoms with van der Waals surface area (Å²) in [5.74, 6) is 3.08. The van der Waals surface area contributed by atoms with Crippen molar-refractivity contribution in [1.29, 1.82) is 0 Å². The van der Waals surface area contributed by atoms with Crippen LogP contribution in [0.15, 0.2) is 397 Å². The first kappa shape index (κ1) is 67.5. The lowest BCUT2D eigenvalue weighted by molar-refractivity contribution is 0.668. The quantitative estimate of drug-likeness (QED) is 0.125. The van der Waals surface area contributed by atoms with Gasteiger partial charge in [0.1, 0.15) is 22.3 Å². The zero-order valence-corrected chi connectivity index (χ0v) is 65.2. The van der Waals surface area contributed by atoms with Crippen LogP contribution in [0.3, 0.4) is 0 Å². The van der Waals surface area contributed by atoms with Crippen molar-refractivity contribution in [2.75, 3.05) is 0 Å². The van der Waals surface area contributed by atoms with E-state index in [1.165, 1.54) is 10.8 Å². The lowest BCUT2D eigenvalue weighted by Gasteiger charge is -2.14. The first-order chi connectivity index (χ1) is 60.4. The van der Waals surface area contributed by atoms with Crippen molar-refractivity contribution in [3.8, 4) is 102 Å². The number of benzene rings is 18. The number of aromatic nitrogens is 10. The van der Waals surface area contributed by atoms with E-state index in [9.17, 15) is 0 Å². The van der Waals surface area contributed by atoms with Gasteiger partial charge in [0.25, 0.3) is 0 Å². The Balaban J connectivity index is 0.615. The summed E-state index contributed by atoms with van der Waals surface area (Å²) in [5, 5.41) is 17.6. The predicted molar refractivity (Wildman–Crippen MR) is 498 cm³/mol. The van der Waals surface area contributed by atoms with Crippen LogP contribution in [0.1, 0.15) is 0 Å². The average molecular weight is 1560 g/mol. The highest BCUT2D eigenvalue weighted by molar-refractivity contribution is 6.20. The van der Waals surface area contributed by atoms with Gasteiger partial charge in [-0.3, -0.25) is 9.13 Å². The van der Waals surface area contributed by atoms with Crippen LogP contribution in [0.4, 0.5) is 0 Å². The number of fused-ring (bicyclic) bond motifs is 20. The summed E-state index contributed by atoms with van der Waals surface area (Å²) in [6, 6.07) is 138. The van der Waals surface area contributed by atoms with Crippen LogP contribution in [0, 0.1) is 0 Å². The largest absolute Gasteiger partial charge is 0.456 e. The molecule has 26 aromatic rings. The van der Waals surface area contributed by atoms with Crippen molar-refractivity contribution >= 4 is 153 Å². The van der Waals surface area contributed by atoms with Gasteiger partial charge in [-0.25, -0.2) is 9.97 Å². The number of rotatable bonds is 11. The summed E-state index contributed by atoms with van der Waals surface area (Å²) < 4.78 is 23.1. The Bertz CT molecular complexity index is 8810. The number of hydrogen-bond acceptors (Lipinski definition) is 8. The van der Waals surface area contributed by atoms with E-state index < -0.39 is 0 Å². The summed E-state index contributed by atoms with van der Waals surface area (Å²) >= 11 is 0. The Morgan fingerprint density at radius 3 is 0.951 bits per heavy atom. The molecule has 0 saturated carbocycles. The van der Waals surface area contributed by atoms with E-state index in [-0.39, 0.29) is 0 Å². The minimum atomic E-state index is 0.498. The molecule has 0 aliphatic rings. The molecular weight excluding hydrogens is 1490 g/mol. The second-order valence-corrected chi connectivity index (χ2v) is 31.7. The van der Waals surface area contributed by atoms with E-state index >= 15 is 0 Å². The molecule has 0 amide bonds. The average Bonchev–Trinajstić information content (AvgIpc) is 1.56. The molecule has 0 radical (unpaired) electrons. The summed E-state index contributed by atoms with van der Waals surface area (Å²) in [6.45, 7) is 0. The van der Waals surface area contributed by atoms with Crippen molar-refractivity contribution < 1.29 is 8.83 Å². The van der Waals surface area contributed by atoms with Crippen LogP contribution in [0.25, 0.3) is 255 Å². The zero-order valence-electron chi connectivity index (χ0n) is 65.2. The normalized spacial score (nSPS) is 12.1. The fraction of sp³-hybridized carbons (Fsp3) is 0. The van der Waals surface area contributed by atoms with Crippen LogP contribution in [-0.4, -0.2) is 48.2 Å². The first-order valence-corrected chi connectivity index (χ1v) is 41.1. The third-order valence-electron chi connectivity index (χ3n) is 24.8. The van der Waals surface area contributed by atoms with Gasteiger partial charge in [0.2, 0.25) is 11.9 Å². The number of nitrogens with zero attached hydrogens (tertiary/aromatic N) is 10. The van der Waals surface area contributed by atoms with Gasteiger partial charge in [0.05, 0.1) is 66.3 Å². The smallest absolute Gasteiger partial charge is 0.238 e. The van der Waals surface area contributed by atoms with Gasteiger partial charge < -0.3 is 18.0 Å². The standard InChI is InChI=1S/C110H64N10O2/c1-2-23-65(24-3-1)66-49-51-69(52-50-66)105-111-107(115-109(113-105)119-90-39-16-8-31-79(90)80-32-9-17-40-91(80)119)77-62-98(104-85-37-14-21-44-100(85)122-102(104)63-77)118-94-54-53-75(58-87(94)88-57-72-26-5-7-28-74(72)60-96(88)118)68-47-45-67(46-48-68)70-29-22-30-76(55-70)106-112-108(116-110(114-106)120-92-41-18-10-33-81(92)82-34-11-19-42-93(82)120)78-61-97(103-84-36-13-20-43-99(84)121-101(103)64-78)117-89-38-15-12-35-83(89)86-56-71-25-4-6-27-73(71)59-95(86)117/h1-64H. The second-order valence-electron chi connectivity index (χ2n) is 31.7. The first-order valence-electron chi connectivity index (χ1n) is 41.1. The summed E-state index contributed by atoms with van der Waals surface area (Å²) in [7, 11) is 0. The highest BCUT2D eigenvalue weighted by Gasteiger charge is 2.28. The number of furan rings is 2. The molecular formula is C110H64N10O2. The molecule has 0 N–H and O–H groups in total. The Labute approximate surface area is 695 Å². The molecule has 0 fully saturated rings. The number of hydrogen-bond donors (Lipinski definition) is 0. The van der Waals surface area contributed by atoms with Crippen LogP contribution < -0.4 is 0 Å². The molecule has 0 aliphatic carbocycles. The van der Waals surface area contributed by atoms with Crippen LogP contribution in [0.2, 0.25) is 0 Å². The van der Waals surface area contributed by atoms with Gasteiger partial charge in [0.15, 0.2) is 23.3 Å².